The maximum absolute atomic E-state index is 12.0. The third kappa shape index (κ3) is 7.77. The van der Waals surface area contributed by atoms with Crippen molar-refractivity contribution in [3.8, 4) is 11.5 Å². The first kappa shape index (κ1) is 21.5. The topological polar surface area (TPSA) is 102 Å². The van der Waals surface area contributed by atoms with Gasteiger partial charge >= 0.3 is 0 Å². The van der Waals surface area contributed by atoms with Gasteiger partial charge in [0.1, 0.15) is 0 Å². The van der Waals surface area contributed by atoms with Crippen LogP contribution in [-0.4, -0.2) is 39.9 Å². The molecule has 2 unspecified atom stereocenters. The van der Waals surface area contributed by atoms with Crippen LogP contribution in [0.15, 0.2) is 18.2 Å². The zero-order valence-electron chi connectivity index (χ0n) is 16.3. The summed E-state index contributed by atoms with van der Waals surface area (Å²) >= 11 is 0. The molecule has 0 bridgehead atoms. The lowest BCUT2D eigenvalue weighted by atomic mass is 9.95. The number of hydrogen-bond donors (Lipinski definition) is 5. The molecule has 0 spiro atoms. The molecule has 0 heterocycles. The maximum Gasteiger partial charge on any atom is 0.220 e. The number of phenolic OH excluding ortho intramolecular Hbond substituents is 2. The van der Waals surface area contributed by atoms with Gasteiger partial charge in [0.05, 0.1) is 6.10 Å². The van der Waals surface area contributed by atoms with Crippen molar-refractivity contribution in [2.75, 3.05) is 6.54 Å². The lowest BCUT2D eigenvalue weighted by molar-refractivity contribution is -0.122. The number of unbranched alkanes of at least 4 members (excludes halogenated alkanes) is 1. The van der Waals surface area contributed by atoms with Gasteiger partial charge < -0.3 is 26.0 Å². The molecule has 6 nitrogen and oxygen atoms in total. The highest BCUT2D eigenvalue weighted by Gasteiger charge is 2.15. The molecule has 1 aliphatic rings. The van der Waals surface area contributed by atoms with E-state index in [4.69, 9.17) is 0 Å². The molecule has 0 aliphatic heterocycles. The van der Waals surface area contributed by atoms with Crippen LogP contribution in [0, 0.1) is 0 Å². The number of phenols is 2. The van der Waals surface area contributed by atoms with Crippen molar-refractivity contribution in [2.45, 2.75) is 82.9 Å². The molecule has 0 aromatic heterocycles. The summed E-state index contributed by atoms with van der Waals surface area (Å²) in [6.45, 7) is 2.43. The summed E-state index contributed by atoms with van der Waals surface area (Å²) in [4.78, 5) is 12.0. The molecule has 1 aliphatic carbocycles. The summed E-state index contributed by atoms with van der Waals surface area (Å²) in [5.74, 6) is -0.254. The Labute approximate surface area is 162 Å². The Morgan fingerprint density at radius 1 is 1.15 bits per heavy atom. The fourth-order valence-corrected chi connectivity index (χ4v) is 3.56. The maximum atomic E-state index is 12.0. The van der Waals surface area contributed by atoms with Crippen molar-refractivity contribution >= 4 is 5.91 Å². The minimum Gasteiger partial charge on any atom is -0.504 e. The lowest BCUT2D eigenvalue weighted by Crippen LogP contribution is -2.36. The smallest absolute Gasteiger partial charge is 0.220 e. The van der Waals surface area contributed by atoms with E-state index < -0.39 is 6.10 Å². The third-order valence-corrected chi connectivity index (χ3v) is 5.31. The Morgan fingerprint density at radius 2 is 1.89 bits per heavy atom. The van der Waals surface area contributed by atoms with E-state index in [1.54, 1.807) is 6.07 Å². The minimum absolute atomic E-state index is 0.171. The van der Waals surface area contributed by atoms with Crippen LogP contribution in [0.2, 0.25) is 0 Å². The first-order valence-corrected chi connectivity index (χ1v) is 10.2. The number of nitrogens with one attached hydrogen (secondary N) is 2. The molecule has 1 fully saturated rings. The zero-order chi connectivity index (χ0) is 19.6. The number of rotatable bonds is 10. The van der Waals surface area contributed by atoms with Gasteiger partial charge in [-0.25, -0.2) is 0 Å². The molecule has 0 radical (unpaired) electrons. The number of hydrogen-bond acceptors (Lipinski definition) is 5. The highest BCUT2D eigenvalue weighted by molar-refractivity contribution is 5.76. The van der Waals surface area contributed by atoms with Gasteiger partial charge in [-0.3, -0.25) is 4.79 Å². The summed E-state index contributed by atoms with van der Waals surface area (Å²) in [6.07, 6.45) is 8.58. The van der Waals surface area contributed by atoms with Gasteiger partial charge in [0.25, 0.3) is 0 Å². The number of aromatic hydroxyl groups is 2. The molecule has 2 atom stereocenters. The Bertz CT molecular complexity index is 588. The van der Waals surface area contributed by atoms with E-state index in [9.17, 15) is 20.1 Å². The van der Waals surface area contributed by atoms with Gasteiger partial charge in [-0.05, 0) is 50.3 Å². The van der Waals surface area contributed by atoms with Crippen LogP contribution >= 0.6 is 0 Å². The zero-order valence-corrected chi connectivity index (χ0v) is 16.3. The van der Waals surface area contributed by atoms with Crippen LogP contribution in [0.5, 0.6) is 11.5 Å². The van der Waals surface area contributed by atoms with Crippen LogP contribution in [0.4, 0.5) is 0 Å². The average Bonchev–Trinajstić information content (AvgIpc) is 2.66. The molecule has 6 heteroatoms. The molecule has 1 amide bonds. The lowest BCUT2D eigenvalue weighted by Gasteiger charge is -2.22. The summed E-state index contributed by atoms with van der Waals surface area (Å²) in [5.41, 5.74) is 0.560. The second kappa shape index (κ2) is 11.1. The molecule has 1 saturated carbocycles. The second-order valence-electron chi connectivity index (χ2n) is 7.72. The van der Waals surface area contributed by atoms with Crippen molar-refractivity contribution in [1.29, 1.82) is 0 Å². The van der Waals surface area contributed by atoms with Gasteiger partial charge in [-0.2, -0.15) is 0 Å². The summed E-state index contributed by atoms with van der Waals surface area (Å²) < 4.78 is 0. The Kier molecular flexibility index (Phi) is 8.88. The van der Waals surface area contributed by atoms with Gasteiger partial charge in [-0.1, -0.05) is 31.7 Å². The number of aliphatic hydroxyl groups excluding tert-OH is 1. The Hall–Kier alpha value is -1.79. The Balaban J connectivity index is 1.56. The fraction of sp³-hybridized carbons (Fsp3) is 0.667. The molecule has 1 aromatic carbocycles. The highest BCUT2D eigenvalue weighted by Crippen LogP contribution is 2.27. The monoisotopic (exact) mass is 378 g/mol. The van der Waals surface area contributed by atoms with E-state index in [0.717, 1.165) is 32.1 Å². The molecule has 1 aromatic rings. The molecular weight excluding hydrogens is 344 g/mol. The van der Waals surface area contributed by atoms with E-state index in [0.29, 0.717) is 24.6 Å². The second-order valence-corrected chi connectivity index (χ2v) is 7.72. The quantitative estimate of drug-likeness (QED) is 0.318. The van der Waals surface area contributed by atoms with Crippen LogP contribution < -0.4 is 10.6 Å². The number of amides is 1. The van der Waals surface area contributed by atoms with Crippen LogP contribution in [-0.2, 0) is 4.79 Å². The molecule has 27 heavy (non-hydrogen) atoms. The summed E-state index contributed by atoms with van der Waals surface area (Å²) in [7, 11) is 0. The first-order chi connectivity index (χ1) is 13.0. The molecule has 2 rings (SSSR count). The van der Waals surface area contributed by atoms with Crippen molar-refractivity contribution in [2.24, 2.45) is 0 Å². The van der Waals surface area contributed by atoms with E-state index in [1.807, 2.05) is 0 Å². The molecular formula is C21H34N2O4. The SMILES string of the molecule is CC(CCCCC(=O)NC1CCCCC1)NCC(O)c1ccc(O)c(O)c1. The predicted molar refractivity (Wildman–Crippen MR) is 106 cm³/mol. The normalized spacial score (nSPS) is 17.4. The van der Waals surface area contributed by atoms with Gasteiger partial charge in [0.2, 0.25) is 5.91 Å². The number of aliphatic hydroxyl groups is 1. The largest absolute Gasteiger partial charge is 0.504 e. The average molecular weight is 379 g/mol. The number of carbonyl (C=O) groups excluding carboxylic acids is 1. The van der Waals surface area contributed by atoms with Crippen LogP contribution in [0.3, 0.4) is 0 Å². The van der Waals surface area contributed by atoms with Crippen molar-refractivity contribution in [3.05, 3.63) is 23.8 Å². The minimum atomic E-state index is -0.750. The van der Waals surface area contributed by atoms with Gasteiger partial charge in [0.15, 0.2) is 11.5 Å². The molecule has 0 saturated heterocycles. The standard InChI is InChI=1S/C21H34N2O4/c1-15(22-14-20(26)16-11-12-18(24)19(25)13-16)7-5-6-10-21(27)23-17-8-3-2-4-9-17/h11-13,15,17,20,22,24-26H,2-10,14H2,1H3,(H,23,27). The third-order valence-electron chi connectivity index (χ3n) is 5.31. The van der Waals surface area contributed by atoms with Crippen LogP contribution in [0.1, 0.15) is 76.4 Å². The predicted octanol–water partition coefficient (Wildman–Crippen LogP) is 3.12. The van der Waals surface area contributed by atoms with Crippen molar-refractivity contribution < 1.29 is 20.1 Å². The van der Waals surface area contributed by atoms with Crippen molar-refractivity contribution in [1.82, 2.24) is 10.6 Å². The number of carbonyl (C=O) groups is 1. The number of benzene rings is 1. The summed E-state index contributed by atoms with van der Waals surface area (Å²) in [6, 6.07) is 4.95. The van der Waals surface area contributed by atoms with Gasteiger partial charge in [0, 0.05) is 25.0 Å². The fourth-order valence-electron chi connectivity index (χ4n) is 3.56. The summed E-state index contributed by atoms with van der Waals surface area (Å²) in [5, 5.41) is 35.4. The van der Waals surface area contributed by atoms with Crippen LogP contribution in [0.25, 0.3) is 0 Å². The highest BCUT2D eigenvalue weighted by atomic mass is 16.3. The van der Waals surface area contributed by atoms with Crippen molar-refractivity contribution in [3.63, 3.8) is 0 Å². The first-order valence-electron chi connectivity index (χ1n) is 10.2. The Morgan fingerprint density at radius 3 is 2.59 bits per heavy atom. The van der Waals surface area contributed by atoms with Gasteiger partial charge in [-0.15, -0.1) is 0 Å². The van der Waals surface area contributed by atoms with E-state index in [2.05, 4.69) is 17.6 Å². The molecule has 152 valence electrons. The molecule has 5 N–H and O–H groups in total. The van der Waals surface area contributed by atoms with E-state index in [-0.39, 0.29) is 23.4 Å². The van der Waals surface area contributed by atoms with E-state index >= 15 is 0 Å². The van der Waals surface area contributed by atoms with E-state index in [1.165, 1.54) is 31.4 Å².